The number of carbonyl (C=O) groups excluding carboxylic acids is 1. The minimum Gasteiger partial charge on any atom is -0.394 e. The highest BCUT2D eigenvalue weighted by Crippen LogP contribution is 2.47. The fourth-order valence-electron chi connectivity index (χ4n) is 2.85. The molecule has 3 atom stereocenters. The zero-order valence-electron chi connectivity index (χ0n) is 12.6. The molecule has 1 fully saturated rings. The van der Waals surface area contributed by atoms with Crippen molar-refractivity contribution in [2.45, 2.75) is 24.8 Å². The molecule has 1 saturated carbocycles. The molecule has 2 aromatic rings. The quantitative estimate of drug-likeness (QED) is 0.843. The Balaban J connectivity index is 1.55. The summed E-state index contributed by atoms with van der Waals surface area (Å²) in [6.07, 6.45) is 5.30. The van der Waals surface area contributed by atoms with Crippen molar-refractivity contribution < 1.29 is 9.90 Å². The van der Waals surface area contributed by atoms with Gasteiger partial charge < -0.3 is 10.4 Å². The number of aryl methyl sites for hydroxylation is 1. The second kappa shape index (κ2) is 6.32. The maximum Gasteiger partial charge on any atom is 0.224 e. The lowest BCUT2D eigenvalue weighted by atomic mass is 10.1. The van der Waals surface area contributed by atoms with Gasteiger partial charge in [-0.15, -0.1) is 0 Å². The predicted molar refractivity (Wildman–Crippen MR) is 83.2 cm³/mol. The summed E-state index contributed by atoms with van der Waals surface area (Å²) in [4.78, 5) is 12.3. The van der Waals surface area contributed by atoms with E-state index in [-0.39, 0.29) is 30.4 Å². The van der Waals surface area contributed by atoms with Crippen LogP contribution in [-0.2, 0) is 18.3 Å². The standard InChI is InChI=1S/C17H21N3O2/c1-20-10-13(9-18-20)15-8-16(15)17(22)19-14(11-21)7-12-5-3-2-4-6-12/h2-6,9-10,14-16,21H,7-8,11H2,1H3,(H,19,22)/t14-,15-,16+/m0/s1. The van der Waals surface area contributed by atoms with E-state index >= 15 is 0 Å². The van der Waals surface area contributed by atoms with Crippen LogP contribution in [0.3, 0.4) is 0 Å². The third kappa shape index (κ3) is 3.36. The zero-order valence-corrected chi connectivity index (χ0v) is 12.6. The van der Waals surface area contributed by atoms with Gasteiger partial charge in [0.1, 0.15) is 0 Å². The molecule has 0 spiro atoms. The lowest BCUT2D eigenvalue weighted by Crippen LogP contribution is -2.40. The smallest absolute Gasteiger partial charge is 0.224 e. The normalized spacial score (nSPS) is 21.4. The highest BCUT2D eigenvalue weighted by Gasteiger charge is 2.44. The first-order chi connectivity index (χ1) is 10.7. The first-order valence-electron chi connectivity index (χ1n) is 7.61. The van der Waals surface area contributed by atoms with Crippen molar-refractivity contribution in [3.8, 4) is 0 Å². The van der Waals surface area contributed by atoms with Crippen LogP contribution in [0.25, 0.3) is 0 Å². The third-order valence-electron chi connectivity index (χ3n) is 4.17. The Bertz CT molecular complexity index is 638. The molecule has 116 valence electrons. The van der Waals surface area contributed by atoms with Crippen molar-refractivity contribution in [3.05, 3.63) is 53.9 Å². The zero-order chi connectivity index (χ0) is 15.5. The van der Waals surface area contributed by atoms with Gasteiger partial charge in [-0.05, 0) is 29.9 Å². The number of hydrogen-bond donors (Lipinski definition) is 2. The van der Waals surface area contributed by atoms with Gasteiger partial charge in [-0.25, -0.2) is 0 Å². The third-order valence-corrected chi connectivity index (χ3v) is 4.17. The minimum absolute atomic E-state index is 0.00835. The molecule has 0 bridgehead atoms. The van der Waals surface area contributed by atoms with Gasteiger partial charge in [0.05, 0.1) is 18.8 Å². The lowest BCUT2D eigenvalue weighted by molar-refractivity contribution is -0.123. The Labute approximate surface area is 130 Å². The molecule has 1 heterocycles. The van der Waals surface area contributed by atoms with Crippen LogP contribution in [0, 0.1) is 5.92 Å². The summed E-state index contributed by atoms with van der Waals surface area (Å²) in [6.45, 7) is -0.0507. The number of aliphatic hydroxyl groups excluding tert-OH is 1. The number of benzene rings is 1. The predicted octanol–water partition coefficient (Wildman–Crippen LogP) is 1.24. The molecule has 5 nitrogen and oxygen atoms in total. The van der Waals surface area contributed by atoms with E-state index in [4.69, 9.17) is 0 Å². The average molecular weight is 299 g/mol. The molecule has 0 saturated heterocycles. The molecule has 1 amide bonds. The number of aliphatic hydroxyl groups is 1. The summed E-state index contributed by atoms with van der Waals surface area (Å²) in [5.41, 5.74) is 2.23. The lowest BCUT2D eigenvalue weighted by Gasteiger charge is -2.16. The Kier molecular flexibility index (Phi) is 4.24. The molecule has 5 heteroatoms. The van der Waals surface area contributed by atoms with Crippen molar-refractivity contribution in [2.24, 2.45) is 13.0 Å². The van der Waals surface area contributed by atoms with Crippen molar-refractivity contribution >= 4 is 5.91 Å². The van der Waals surface area contributed by atoms with Crippen LogP contribution in [0.15, 0.2) is 42.7 Å². The molecule has 1 aromatic heterocycles. The SMILES string of the molecule is Cn1cc([C@@H]2C[C@H]2C(=O)N[C@H](CO)Cc2ccccc2)cn1. The molecule has 22 heavy (non-hydrogen) atoms. The van der Waals surface area contributed by atoms with Gasteiger partial charge in [-0.1, -0.05) is 30.3 Å². The van der Waals surface area contributed by atoms with Crippen LogP contribution in [0.4, 0.5) is 0 Å². The highest BCUT2D eigenvalue weighted by molar-refractivity contribution is 5.83. The van der Waals surface area contributed by atoms with Crippen LogP contribution in [-0.4, -0.2) is 33.4 Å². The van der Waals surface area contributed by atoms with E-state index in [1.807, 2.05) is 49.8 Å². The molecule has 0 aliphatic heterocycles. The first-order valence-corrected chi connectivity index (χ1v) is 7.61. The van der Waals surface area contributed by atoms with Crippen LogP contribution in [0.5, 0.6) is 0 Å². The number of amides is 1. The van der Waals surface area contributed by atoms with Crippen LogP contribution >= 0.6 is 0 Å². The van der Waals surface area contributed by atoms with E-state index in [1.165, 1.54) is 0 Å². The molecule has 1 aromatic carbocycles. The van der Waals surface area contributed by atoms with Crippen LogP contribution in [0.2, 0.25) is 0 Å². The van der Waals surface area contributed by atoms with Gasteiger partial charge in [0.2, 0.25) is 5.91 Å². The summed E-state index contributed by atoms with van der Waals surface area (Å²) < 4.78 is 1.76. The first kappa shape index (κ1) is 14.8. The van der Waals surface area contributed by atoms with Crippen molar-refractivity contribution in [2.75, 3.05) is 6.61 Å². The molecular weight excluding hydrogens is 278 g/mol. The van der Waals surface area contributed by atoms with Crippen molar-refractivity contribution in [3.63, 3.8) is 0 Å². The average Bonchev–Trinajstić information content (AvgIpc) is 3.22. The Hall–Kier alpha value is -2.14. The van der Waals surface area contributed by atoms with Crippen LogP contribution < -0.4 is 5.32 Å². The van der Waals surface area contributed by atoms with Gasteiger partial charge >= 0.3 is 0 Å². The largest absolute Gasteiger partial charge is 0.394 e. The maximum atomic E-state index is 12.3. The molecule has 2 N–H and O–H groups in total. The summed E-state index contributed by atoms with van der Waals surface area (Å²) in [5, 5.41) is 16.6. The van der Waals surface area contributed by atoms with Gasteiger partial charge in [0, 0.05) is 19.2 Å². The number of aromatic nitrogens is 2. The Morgan fingerprint density at radius 2 is 2.23 bits per heavy atom. The fourth-order valence-corrected chi connectivity index (χ4v) is 2.85. The van der Waals surface area contributed by atoms with E-state index in [2.05, 4.69) is 10.4 Å². The number of rotatable bonds is 6. The molecule has 1 aliphatic carbocycles. The number of carbonyl (C=O) groups is 1. The van der Waals surface area contributed by atoms with Gasteiger partial charge in [-0.3, -0.25) is 9.48 Å². The monoisotopic (exact) mass is 299 g/mol. The van der Waals surface area contributed by atoms with E-state index in [0.717, 1.165) is 17.5 Å². The van der Waals surface area contributed by atoms with Crippen LogP contribution in [0.1, 0.15) is 23.5 Å². The van der Waals surface area contributed by atoms with Crippen molar-refractivity contribution in [1.82, 2.24) is 15.1 Å². The Morgan fingerprint density at radius 3 is 2.86 bits per heavy atom. The summed E-state index contributed by atoms with van der Waals surface area (Å²) >= 11 is 0. The fraction of sp³-hybridized carbons (Fsp3) is 0.412. The van der Waals surface area contributed by atoms with E-state index in [9.17, 15) is 9.90 Å². The number of nitrogens with zero attached hydrogens (tertiary/aromatic N) is 2. The second-order valence-electron chi connectivity index (χ2n) is 5.97. The topological polar surface area (TPSA) is 67.2 Å². The minimum atomic E-state index is -0.231. The van der Waals surface area contributed by atoms with Crippen molar-refractivity contribution in [1.29, 1.82) is 0 Å². The number of hydrogen-bond acceptors (Lipinski definition) is 3. The van der Waals surface area contributed by atoms with E-state index in [1.54, 1.807) is 4.68 Å². The van der Waals surface area contributed by atoms with Gasteiger partial charge in [0.25, 0.3) is 0 Å². The molecule has 0 unspecified atom stereocenters. The maximum absolute atomic E-state index is 12.3. The molecule has 3 rings (SSSR count). The number of nitrogens with one attached hydrogen (secondary N) is 1. The highest BCUT2D eigenvalue weighted by atomic mass is 16.3. The summed E-state index contributed by atoms with van der Waals surface area (Å²) in [7, 11) is 1.88. The summed E-state index contributed by atoms with van der Waals surface area (Å²) in [6, 6.07) is 9.66. The second-order valence-corrected chi connectivity index (χ2v) is 5.97. The molecule has 0 radical (unpaired) electrons. The van der Waals surface area contributed by atoms with E-state index < -0.39 is 0 Å². The Morgan fingerprint density at radius 1 is 1.45 bits per heavy atom. The van der Waals surface area contributed by atoms with Gasteiger partial charge in [-0.2, -0.15) is 5.10 Å². The van der Waals surface area contributed by atoms with E-state index in [0.29, 0.717) is 6.42 Å². The van der Waals surface area contributed by atoms with Gasteiger partial charge in [0.15, 0.2) is 0 Å². The molecule has 1 aliphatic rings. The summed E-state index contributed by atoms with van der Waals surface area (Å²) in [5.74, 6) is 0.308. The molecular formula is C17H21N3O2.